The molecule has 0 aromatic rings. The van der Waals surface area contributed by atoms with Crippen molar-refractivity contribution in [1.82, 2.24) is 0 Å². The van der Waals surface area contributed by atoms with Crippen LogP contribution >= 0.6 is 0 Å². The van der Waals surface area contributed by atoms with Gasteiger partial charge in [0.2, 0.25) is 0 Å². The molecular formula is C25H42O3. The van der Waals surface area contributed by atoms with E-state index in [1.165, 1.54) is 0 Å². The van der Waals surface area contributed by atoms with Crippen molar-refractivity contribution < 1.29 is 14.6 Å². The summed E-state index contributed by atoms with van der Waals surface area (Å²) in [6.07, 6.45) is 13.0. The van der Waals surface area contributed by atoms with Crippen molar-refractivity contribution in [2.24, 2.45) is 28.1 Å². The average Bonchev–Trinajstić information content (AvgIpc) is 2.66. The van der Waals surface area contributed by atoms with E-state index in [9.17, 15) is 9.90 Å². The van der Waals surface area contributed by atoms with Crippen LogP contribution < -0.4 is 0 Å². The minimum absolute atomic E-state index is 0.0191. The molecule has 0 bridgehead atoms. The van der Waals surface area contributed by atoms with Gasteiger partial charge in [0.05, 0.1) is 12.2 Å². The molecule has 3 saturated carbocycles. The molecule has 0 aromatic carbocycles. The molecule has 0 saturated heterocycles. The Morgan fingerprint density at radius 2 is 1.93 bits per heavy atom. The van der Waals surface area contributed by atoms with Gasteiger partial charge in [-0.1, -0.05) is 46.6 Å². The molecule has 3 aliphatic carbocycles. The fraction of sp³-hybridized carbons (Fsp3) is 0.880. The Morgan fingerprint density at radius 1 is 1.18 bits per heavy atom. The Labute approximate surface area is 172 Å². The first-order chi connectivity index (χ1) is 13.1. The van der Waals surface area contributed by atoms with Gasteiger partial charge in [-0.25, -0.2) is 0 Å². The lowest BCUT2D eigenvalue weighted by atomic mass is 9.41. The number of allylic oxidation sites excluding steroid dienone is 1. The van der Waals surface area contributed by atoms with Gasteiger partial charge < -0.3 is 9.84 Å². The first-order valence-corrected chi connectivity index (χ1v) is 11.6. The molecular weight excluding hydrogens is 348 g/mol. The normalized spacial score (nSPS) is 45.6. The highest BCUT2D eigenvalue weighted by Crippen LogP contribution is 2.67. The highest BCUT2D eigenvalue weighted by atomic mass is 16.5. The fourth-order valence-corrected chi connectivity index (χ4v) is 7.13. The van der Waals surface area contributed by atoms with Crippen molar-refractivity contribution >= 4 is 5.97 Å². The van der Waals surface area contributed by atoms with Crippen molar-refractivity contribution in [3.05, 3.63) is 12.7 Å². The van der Waals surface area contributed by atoms with E-state index in [1.54, 1.807) is 0 Å². The van der Waals surface area contributed by atoms with Crippen LogP contribution in [0, 0.1) is 28.1 Å². The maximum atomic E-state index is 12.1. The van der Waals surface area contributed by atoms with Gasteiger partial charge in [-0.15, -0.1) is 6.58 Å². The maximum Gasteiger partial charge on any atom is 0.305 e. The van der Waals surface area contributed by atoms with Gasteiger partial charge in [0.1, 0.15) is 0 Å². The van der Waals surface area contributed by atoms with Gasteiger partial charge in [0.15, 0.2) is 0 Å². The van der Waals surface area contributed by atoms with Crippen LogP contribution in [0.15, 0.2) is 12.7 Å². The smallest absolute Gasteiger partial charge is 0.305 e. The molecule has 0 unspecified atom stereocenters. The topological polar surface area (TPSA) is 46.5 Å². The summed E-state index contributed by atoms with van der Waals surface area (Å²) in [7, 11) is 0. The van der Waals surface area contributed by atoms with Gasteiger partial charge in [-0.05, 0) is 68.6 Å². The number of hydrogen-bond donors (Lipinski definition) is 1. The van der Waals surface area contributed by atoms with E-state index in [4.69, 9.17) is 4.74 Å². The molecule has 3 rings (SSSR count). The van der Waals surface area contributed by atoms with Crippen molar-refractivity contribution in [1.29, 1.82) is 0 Å². The summed E-state index contributed by atoms with van der Waals surface area (Å²) in [6, 6.07) is 0. The molecule has 0 heterocycles. The second-order valence-electron chi connectivity index (χ2n) is 11.0. The van der Waals surface area contributed by atoms with Crippen LogP contribution in [0.4, 0.5) is 0 Å². The van der Waals surface area contributed by atoms with E-state index in [1.807, 2.05) is 0 Å². The van der Waals surface area contributed by atoms with Crippen LogP contribution in [0.1, 0.15) is 98.3 Å². The number of aliphatic hydroxyl groups is 1. The van der Waals surface area contributed by atoms with Crippen LogP contribution in [0.3, 0.4) is 0 Å². The van der Waals surface area contributed by atoms with Gasteiger partial charge in [-0.3, -0.25) is 4.79 Å². The molecule has 0 radical (unpaired) electrons. The number of carbonyl (C=O) groups is 1. The number of ether oxygens (including phenoxy) is 1. The Balaban J connectivity index is 1.78. The number of hydrogen-bond acceptors (Lipinski definition) is 3. The minimum Gasteiger partial charge on any atom is -0.465 e. The highest BCUT2D eigenvalue weighted by Gasteiger charge is 2.64. The summed E-state index contributed by atoms with van der Waals surface area (Å²) >= 11 is 0. The van der Waals surface area contributed by atoms with E-state index in [2.05, 4.69) is 40.3 Å². The number of fused-ring (bicyclic) bond motifs is 3. The number of esters is 1. The molecule has 1 N–H and O–H groups in total. The van der Waals surface area contributed by atoms with E-state index in [0.717, 1.165) is 64.2 Å². The molecule has 3 nitrogen and oxygen atoms in total. The van der Waals surface area contributed by atoms with Gasteiger partial charge in [0.25, 0.3) is 0 Å². The average molecular weight is 391 g/mol. The zero-order valence-electron chi connectivity index (χ0n) is 18.7. The number of carbonyl (C=O) groups excluding carboxylic acids is 1. The first kappa shape index (κ1) is 21.9. The van der Waals surface area contributed by atoms with Crippen molar-refractivity contribution in [2.45, 2.75) is 104 Å². The quantitative estimate of drug-likeness (QED) is 0.443. The summed E-state index contributed by atoms with van der Waals surface area (Å²) < 4.78 is 5.77. The highest BCUT2D eigenvalue weighted by molar-refractivity contribution is 5.69. The lowest BCUT2D eigenvalue weighted by Crippen LogP contribution is -2.65. The molecule has 0 aliphatic heterocycles. The summed E-state index contributed by atoms with van der Waals surface area (Å²) in [4.78, 5) is 12.1. The Morgan fingerprint density at radius 3 is 2.61 bits per heavy atom. The van der Waals surface area contributed by atoms with Gasteiger partial charge in [-0.2, -0.15) is 0 Å². The number of unbranched alkanes of at least 4 members (excludes halogenated alkanes) is 1. The molecule has 3 fully saturated rings. The summed E-state index contributed by atoms with van der Waals surface area (Å²) in [6.45, 7) is 13.6. The van der Waals surface area contributed by atoms with Crippen LogP contribution in [0.5, 0.6) is 0 Å². The van der Waals surface area contributed by atoms with Crippen LogP contribution in [-0.2, 0) is 9.53 Å². The second kappa shape index (κ2) is 7.78. The van der Waals surface area contributed by atoms with Crippen LogP contribution in [0.25, 0.3) is 0 Å². The first-order valence-electron chi connectivity index (χ1n) is 11.6. The molecule has 6 atom stereocenters. The summed E-state index contributed by atoms with van der Waals surface area (Å²) in [5.41, 5.74) is -0.533. The molecule has 3 aliphatic rings. The largest absolute Gasteiger partial charge is 0.465 e. The van der Waals surface area contributed by atoms with Crippen molar-refractivity contribution in [3.63, 3.8) is 0 Å². The Kier molecular flexibility index (Phi) is 6.07. The maximum absolute atomic E-state index is 12.1. The molecule has 0 aromatic heterocycles. The molecule has 0 spiro atoms. The predicted molar refractivity (Wildman–Crippen MR) is 114 cm³/mol. The van der Waals surface area contributed by atoms with E-state index >= 15 is 0 Å². The van der Waals surface area contributed by atoms with Crippen molar-refractivity contribution in [2.75, 3.05) is 6.61 Å². The number of rotatable bonds is 6. The monoisotopic (exact) mass is 390 g/mol. The summed E-state index contributed by atoms with van der Waals surface area (Å²) in [5, 5.41) is 12.1. The van der Waals surface area contributed by atoms with E-state index in [-0.39, 0.29) is 22.2 Å². The van der Waals surface area contributed by atoms with Crippen LogP contribution in [-0.4, -0.2) is 23.3 Å². The minimum atomic E-state index is -0.591. The fourth-order valence-electron chi connectivity index (χ4n) is 7.13. The Bertz CT molecular complexity index is 601. The zero-order valence-corrected chi connectivity index (χ0v) is 18.7. The standard InChI is InChI=1S/C25H42O3/c1-6-8-10-21(26)28-18-23(4)13-9-14-24(5)20(23)12-11-19-17-22(3,7-2)15-16-25(19,24)27/h7,19-20,27H,2,6,8-18H2,1,3-5H3/t19-,20-,22+,23+,24-,25-/m1/s1. The molecule has 160 valence electrons. The van der Waals surface area contributed by atoms with Crippen molar-refractivity contribution in [3.8, 4) is 0 Å². The summed E-state index contributed by atoms with van der Waals surface area (Å²) in [5.74, 6) is 0.726. The van der Waals surface area contributed by atoms with Gasteiger partial charge >= 0.3 is 5.97 Å². The molecule has 28 heavy (non-hydrogen) atoms. The predicted octanol–water partition coefficient (Wildman–Crippen LogP) is 6.05. The molecule has 0 amide bonds. The van der Waals surface area contributed by atoms with Gasteiger partial charge in [0, 0.05) is 17.3 Å². The third-order valence-electron chi connectivity index (χ3n) is 9.10. The third kappa shape index (κ3) is 3.57. The van der Waals surface area contributed by atoms with Crippen LogP contribution in [0.2, 0.25) is 0 Å². The van der Waals surface area contributed by atoms with E-state index in [0.29, 0.717) is 24.9 Å². The van der Waals surface area contributed by atoms with E-state index < -0.39 is 5.60 Å². The zero-order chi connectivity index (χ0) is 20.6. The second-order valence-corrected chi connectivity index (χ2v) is 11.0. The Hall–Kier alpha value is -0.830. The lowest BCUT2D eigenvalue weighted by Gasteiger charge is -2.66. The lowest BCUT2D eigenvalue weighted by molar-refractivity contribution is -0.241. The third-order valence-corrected chi connectivity index (χ3v) is 9.10. The molecule has 3 heteroatoms. The SMILES string of the molecule is C=C[C@@]1(C)CC[C@@]2(O)[C@H](CC[C@@H]3[C@](C)(COC(=O)CCCC)CCC[C@]32C)C1.